The number of nitrogens with one attached hydrogen (secondary N) is 1. The molecule has 4 nitrogen and oxygen atoms in total. The summed E-state index contributed by atoms with van der Waals surface area (Å²) in [5, 5.41) is 3.51. The highest BCUT2D eigenvalue weighted by molar-refractivity contribution is 6.31. The number of hydrogen-bond acceptors (Lipinski definition) is 3. The van der Waals surface area contributed by atoms with E-state index in [9.17, 15) is 4.79 Å². The van der Waals surface area contributed by atoms with Gasteiger partial charge in [-0.25, -0.2) is 0 Å². The van der Waals surface area contributed by atoms with Gasteiger partial charge in [-0.2, -0.15) is 0 Å². The van der Waals surface area contributed by atoms with E-state index in [1.165, 1.54) is 0 Å². The van der Waals surface area contributed by atoms with E-state index < -0.39 is 0 Å². The Bertz CT molecular complexity index is 475. The van der Waals surface area contributed by atoms with Crippen LogP contribution in [0.1, 0.15) is 33.3 Å². The topological polar surface area (TPSA) is 64.3 Å². The van der Waals surface area contributed by atoms with Gasteiger partial charge in [0.1, 0.15) is 5.75 Å². The number of halogens is 1. The number of rotatable bonds is 7. The highest BCUT2D eigenvalue weighted by Crippen LogP contribution is 2.27. The van der Waals surface area contributed by atoms with Crippen LogP contribution >= 0.6 is 11.6 Å². The minimum absolute atomic E-state index is 0.0244. The van der Waals surface area contributed by atoms with Crippen molar-refractivity contribution in [1.82, 2.24) is 5.32 Å². The molecule has 0 aliphatic carbocycles. The van der Waals surface area contributed by atoms with Crippen molar-refractivity contribution in [2.24, 2.45) is 11.7 Å². The molecular weight excluding hydrogens is 288 g/mol. The van der Waals surface area contributed by atoms with Crippen molar-refractivity contribution in [3.05, 3.63) is 28.8 Å². The lowest BCUT2D eigenvalue weighted by molar-refractivity contribution is -0.124. The summed E-state index contributed by atoms with van der Waals surface area (Å²) < 4.78 is 5.61. The summed E-state index contributed by atoms with van der Waals surface area (Å²) in [5.41, 5.74) is 6.67. The predicted molar refractivity (Wildman–Crippen MR) is 86.7 cm³/mol. The van der Waals surface area contributed by atoms with Crippen LogP contribution in [0.4, 0.5) is 0 Å². The second kappa shape index (κ2) is 8.25. The summed E-state index contributed by atoms with van der Waals surface area (Å²) in [6, 6.07) is 5.50. The van der Waals surface area contributed by atoms with Crippen molar-refractivity contribution >= 4 is 17.5 Å². The van der Waals surface area contributed by atoms with Crippen LogP contribution < -0.4 is 15.8 Å². The first-order valence-electron chi connectivity index (χ1n) is 7.26. The van der Waals surface area contributed by atoms with Gasteiger partial charge < -0.3 is 15.8 Å². The Morgan fingerprint density at radius 2 is 2.00 bits per heavy atom. The first-order chi connectivity index (χ1) is 9.81. The molecule has 2 unspecified atom stereocenters. The second-order valence-electron chi connectivity index (χ2n) is 5.79. The largest absolute Gasteiger partial charge is 0.483 e. The zero-order valence-corrected chi connectivity index (χ0v) is 13.9. The fourth-order valence-corrected chi connectivity index (χ4v) is 2.04. The van der Waals surface area contributed by atoms with E-state index in [0.29, 0.717) is 23.1 Å². The summed E-state index contributed by atoms with van der Waals surface area (Å²) >= 11 is 6.18. The van der Waals surface area contributed by atoms with Gasteiger partial charge in [-0.3, -0.25) is 4.79 Å². The minimum atomic E-state index is -0.136. The standard InChI is InChI=1S/C16H25ClN2O2/c1-10(2)12(4)19-16(20)9-21-15-7-5-6-14(17)13(15)8-11(3)18/h5-7,10-12H,8-9,18H2,1-4H3,(H,19,20). The third-order valence-corrected chi connectivity index (χ3v) is 3.70. The molecule has 0 fully saturated rings. The molecule has 1 rings (SSSR count). The molecule has 3 N–H and O–H groups in total. The predicted octanol–water partition coefficient (Wildman–Crippen LogP) is 2.77. The third kappa shape index (κ3) is 5.94. The lowest BCUT2D eigenvalue weighted by atomic mass is 10.1. The molecule has 0 aliphatic heterocycles. The molecule has 0 heterocycles. The van der Waals surface area contributed by atoms with Crippen LogP contribution in [0.25, 0.3) is 0 Å². The molecule has 118 valence electrons. The van der Waals surface area contributed by atoms with Gasteiger partial charge in [0.25, 0.3) is 5.91 Å². The lowest BCUT2D eigenvalue weighted by Crippen LogP contribution is -2.39. The molecule has 1 aromatic carbocycles. The van der Waals surface area contributed by atoms with Crippen LogP contribution in [-0.4, -0.2) is 24.6 Å². The second-order valence-corrected chi connectivity index (χ2v) is 6.19. The molecular formula is C16H25ClN2O2. The summed E-state index contributed by atoms with van der Waals surface area (Å²) in [7, 11) is 0. The van der Waals surface area contributed by atoms with Crippen molar-refractivity contribution in [3.63, 3.8) is 0 Å². The molecule has 0 spiro atoms. The van der Waals surface area contributed by atoms with Gasteiger partial charge >= 0.3 is 0 Å². The molecule has 5 heteroatoms. The molecule has 2 atom stereocenters. The Morgan fingerprint density at radius 1 is 1.33 bits per heavy atom. The summed E-state index contributed by atoms with van der Waals surface area (Å²) in [6.45, 7) is 7.98. The first-order valence-corrected chi connectivity index (χ1v) is 7.64. The Morgan fingerprint density at radius 3 is 2.57 bits per heavy atom. The minimum Gasteiger partial charge on any atom is -0.483 e. The van der Waals surface area contributed by atoms with Gasteiger partial charge in [0, 0.05) is 22.7 Å². The van der Waals surface area contributed by atoms with E-state index in [-0.39, 0.29) is 24.6 Å². The Labute approximate surface area is 132 Å². The van der Waals surface area contributed by atoms with Crippen LogP contribution in [0.15, 0.2) is 18.2 Å². The number of nitrogens with two attached hydrogens (primary N) is 1. The maximum absolute atomic E-state index is 11.9. The molecule has 0 aromatic heterocycles. The normalized spacial score (nSPS) is 13.9. The first kappa shape index (κ1) is 17.8. The average molecular weight is 313 g/mol. The molecule has 21 heavy (non-hydrogen) atoms. The molecule has 0 radical (unpaired) electrons. The molecule has 0 bridgehead atoms. The van der Waals surface area contributed by atoms with Gasteiger partial charge in [0.05, 0.1) is 0 Å². The van der Waals surface area contributed by atoms with Crippen molar-refractivity contribution in [3.8, 4) is 5.75 Å². The Kier molecular flexibility index (Phi) is 6.99. The monoisotopic (exact) mass is 312 g/mol. The average Bonchev–Trinajstić information content (AvgIpc) is 2.38. The number of hydrogen-bond donors (Lipinski definition) is 2. The van der Waals surface area contributed by atoms with E-state index in [4.69, 9.17) is 22.1 Å². The highest BCUT2D eigenvalue weighted by atomic mass is 35.5. The van der Waals surface area contributed by atoms with E-state index >= 15 is 0 Å². The number of carbonyl (C=O) groups is 1. The lowest BCUT2D eigenvalue weighted by Gasteiger charge is -2.18. The van der Waals surface area contributed by atoms with E-state index in [2.05, 4.69) is 19.2 Å². The molecule has 1 aromatic rings. The van der Waals surface area contributed by atoms with Crippen molar-refractivity contribution in [2.45, 2.75) is 46.2 Å². The smallest absolute Gasteiger partial charge is 0.258 e. The fraction of sp³-hybridized carbons (Fsp3) is 0.562. The zero-order valence-electron chi connectivity index (χ0n) is 13.2. The Balaban J connectivity index is 2.67. The van der Waals surface area contributed by atoms with Gasteiger partial charge in [-0.15, -0.1) is 0 Å². The van der Waals surface area contributed by atoms with E-state index in [1.807, 2.05) is 19.9 Å². The summed E-state index contributed by atoms with van der Waals surface area (Å²) in [5.74, 6) is 0.865. The van der Waals surface area contributed by atoms with Gasteiger partial charge in [0.2, 0.25) is 0 Å². The maximum Gasteiger partial charge on any atom is 0.258 e. The van der Waals surface area contributed by atoms with Crippen molar-refractivity contribution < 1.29 is 9.53 Å². The quantitative estimate of drug-likeness (QED) is 0.813. The Hall–Kier alpha value is -1.26. The van der Waals surface area contributed by atoms with Gasteiger partial charge in [-0.05, 0) is 38.3 Å². The zero-order chi connectivity index (χ0) is 16.0. The number of amides is 1. The van der Waals surface area contributed by atoms with Crippen molar-refractivity contribution in [2.75, 3.05) is 6.61 Å². The van der Waals surface area contributed by atoms with Crippen LogP contribution in [0.3, 0.4) is 0 Å². The molecule has 0 saturated heterocycles. The molecule has 0 aliphatic rings. The molecule has 0 saturated carbocycles. The van der Waals surface area contributed by atoms with E-state index in [0.717, 1.165) is 5.56 Å². The van der Waals surface area contributed by atoms with E-state index in [1.54, 1.807) is 12.1 Å². The number of carbonyl (C=O) groups excluding carboxylic acids is 1. The maximum atomic E-state index is 11.9. The molecule has 1 amide bonds. The summed E-state index contributed by atoms with van der Waals surface area (Å²) in [6.07, 6.45) is 0.610. The van der Waals surface area contributed by atoms with Crippen molar-refractivity contribution in [1.29, 1.82) is 0 Å². The van der Waals surface area contributed by atoms with Crippen LogP contribution in [0, 0.1) is 5.92 Å². The van der Waals surface area contributed by atoms with Crippen LogP contribution in [0.2, 0.25) is 5.02 Å². The fourth-order valence-electron chi connectivity index (χ4n) is 1.80. The van der Waals surface area contributed by atoms with Gasteiger partial charge in [-0.1, -0.05) is 31.5 Å². The number of benzene rings is 1. The van der Waals surface area contributed by atoms with Gasteiger partial charge in [0.15, 0.2) is 6.61 Å². The van der Waals surface area contributed by atoms with Crippen LogP contribution in [0.5, 0.6) is 5.75 Å². The SMILES string of the molecule is CC(N)Cc1c(Cl)cccc1OCC(=O)NC(C)C(C)C. The third-order valence-electron chi connectivity index (χ3n) is 3.35. The summed E-state index contributed by atoms with van der Waals surface area (Å²) in [4.78, 5) is 11.9. The van der Waals surface area contributed by atoms with Crippen LogP contribution in [-0.2, 0) is 11.2 Å². The highest BCUT2D eigenvalue weighted by Gasteiger charge is 2.14. The number of ether oxygens (including phenoxy) is 1.